The molecule has 0 aliphatic heterocycles. The molecule has 0 radical (unpaired) electrons. The van der Waals surface area contributed by atoms with E-state index in [4.69, 9.17) is 9.47 Å². The molecule has 0 bridgehead atoms. The molecule has 9 nitrogen and oxygen atoms in total. The Kier molecular flexibility index (Phi) is 13.6. The quantitative estimate of drug-likeness (QED) is 0.195. The maximum atomic E-state index is 13.2. The Morgan fingerprint density at radius 2 is 1.39 bits per heavy atom. The number of ether oxygens (including phenoxy) is 2. The van der Waals surface area contributed by atoms with Crippen LogP contribution < -0.4 is 0 Å². The molecule has 1 saturated carbocycles. The third-order valence-corrected chi connectivity index (χ3v) is 7.53. The summed E-state index contributed by atoms with van der Waals surface area (Å²) in [6, 6.07) is 18.1. The largest absolute Gasteiger partial charge is 0.387 e. The van der Waals surface area contributed by atoms with Crippen LogP contribution in [0, 0.1) is 5.92 Å². The summed E-state index contributed by atoms with van der Waals surface area (Å²) in [6.45, 7) is 1.77. The van der Waals surface area contributed by atoms with Gasteiger partial charge >= 0.3 is 0 Å². The number of benzene rings is 2. The van der Waals surface area contributed by atoms with Crippen LogP contribution in [-0.2, 0) is 37.1 Å². The number of imide groups is 1. The molecule has 3 N–H and O–H groups in total. The van der Waals surface area contributed by atoms with Crippen LogP contribution in [0.1, 0.15) is 69.4 Å². The van der Waals surface area contributed by atoms with Gasteiger partial charge in [-0.15, -0.1) is 0 Å². The summed E-state index contributed by atoms with van der Waals surface area (Å²) >= 11 is 0. The van der Waals surface area contributed by atoms with Gasteiger partial charge in [-0.25, -0.2) is 0 Å². The highest BCUT2D eigenvalue weighted by Gasteiger charge is 2.42. The van der Waals surface area contributed by atoms with Gasteiger partial charge in [-0.2, -0.15) is 0 Å². The second kappa shape index (κ2) is 17.1. The molecule has 0 aromatic heterocycles. The number of carbonyl (C=O) groups excluding carboxylic acids is 3. The number of rotatable bonds is 17. The van der Waals surface area contributed by atoms with Crippen LogP contribution >= 0.6 is 0 Å². The minimum Gasteiger partial charge on any atom is -0.387 e. The van der Waals surface area contributed by atoms with Crippen molar-refractivity contribution in [2.24, 2.45) is 5.92 Å². The van der Waals surface area contributed by atoms with Crippen LogP contribution in [0.15, 0.2) is 60.7 Å². The van der Waals surface area contributed by atoms with Crippen molar-refractivity contribution in [1.29, 1.82) is 0 Å². The Balaban J connectivity index is 1.78. The van der Waals surface area contributed by atoms with E-state index in [1.165, 1.54) is 0 Å². The predicted molar refractivity (Wildman–Crippen MR) is 152 cm³/mol. The standard InChI is InChI=1S/C32H43NO8/c1-2-11-27(35)33(28(36)19-18-23-12-9-10-13-23)32(39)30(38)29(37)31(41-22-25-16-7-4-8-17-25)26(20-34)40-21-24-14-5-3-6-15-24/h3-8,14-17,20,23,26,29-32,37-39H,2,9-13,18-19,21-22H2,1H3/t26-,29+,30-,31+,32?/m0/s1. The van der Waals surface area contributed by atoms with Crippen LogP contribution in [0.4, 0.5) is 0 Å². The van der Waals surface area contributed by atoms with E-state index in [0.29, 0.717) is 29.9 Å². The van der Waals surface area contributed by atoms with Gasteiger partial charge < -0.3 is 29.6 Å². The number of hydrogen-bond acceptors (Lipinski definition) is 8. The lowest BCUT2D eigenvalue weighted by molar-refractivity contribution is -0.195. The highest BCUT2D eigenvalue weighted by Crippen LogP contribution is 2.29. The van der Waals surface area contributed by atoms with E-state index in [9.17, 15) is 29.7 Å². The van der Waals surface area contributed by atoms with Crippen LogP contribution in [0.3, 0.4) is 0 Å². The number of amides is 2. The first-order valence-corrected chi connectivity index (χ1v) is 14.5. The molecule has 1 aliphatic rings. The van der Waals surface area contributed by atoms with Crippen molar-refractivity contribution in [2.45, 2.75) is 102 Å². The van der Waals surface area contributed by atoms with Crippen LogP contribution in [0.25, 0.3) is 0 Å². The first-order chi connectivity index (χ1) is 19.8. The number of nitrogens with zero attached hydrogens (tertiary/aromatic N) is 1. The minimum absolute atomic E-state index is 0.0138. The summed E-state index contributed by atoms with van der Waals surface area (Å²) < 4.78 is 11.7. The van der Waals surface area contributed by atoms with Gasteiger partial charge in [0.1, 0.15) is 24.4 Å². The molecule has 0 saturated heterocycles. The fourth-order valence-electron chi connectivity index (χ4n) is 5.17. The van der Waals surface area contributed by atoms with Gasteiger partial charge in [0.15, 0.2) is 12.5 Å². The van der Waals surface area contributed by atoms with Crippen molar-refractivity contribution in [3.05, 3.63) is 71.8 Å². The van der Waals surface area contributed by atoms with Gasteiger partial charge in [0.25, 0.3) is 0 Å². The number of aliphatic hydroxyl groups excluding tert-OH is 3. The summed E-state index contributed by atoms with van der Waals surface area (Å²) in [4.78, 5) is 38.9. The molecule has 0 spiro atoms. The molecule has 2 aromatic rings. The molecule has 2 amide bonds. The van der Waals surface area contributed by atoms with Gasteiger partial charge in [0.05, 0.1) is 13.2 Å². The van der Waals surface area contributed by atoms with Gasteiger partial charge in [0.2, 0.25) is 11.8 Å². The van der Waals surface area contributed by atoms with Crippen molar-refractivity contribution in [2.75, 3.05) is 0 Å². The lowest BCUT2D eigenvalue weighted by Gasteiger charge is -2.36. The fourth-order valence-corrected chi connectivity index (χ4v) is 5.17. The van der Waals surface area contributed by atoms with E-state index >= 15 is 0 Å². The van der Waals surface area contributed by atoms with Crippen LogP contribution in [0.5, 0.6) is 0 Å². The second-order valence-corrected chi connectivity index (χ2v) is 10.6. The fraction of sp³-hybridized carbons (Fsp3) is 0.531. The van der Waals surface area contributed by atoms with E-state index in [1.807, 2.05) is 36.4 Å². The van der Waals surface area contributed by atoms with E-state index in [-0.39, 0.29) is 26.1 Å². The molecule has 1 fully saturated rings. The predicted octanol–water partition coefficient (Wildman–Crippen LogP) is 3.52. The molecule has 0 heterocycles. The third kappa shape index (κ3) is 9.83. The summed E-state index contributed by atoms with van der Waals surface area (Å²) in [6.07, 6.45) is -2.89. The first kappa shape index (κ1) is 32.6. The molecule has 41 heavy (non-hydrogen) atoms. The average Bonchev–Trinajstić information content (AvgIpc) is 3.52. The van der Waals surface area contributed by atoms with Crippen LogP contribution in [0.2, 0.25) is 0 Å². The van der Waals surface area contributed by atoms with E-state index in [2.05, 4.69) is 0 Å². The summed E-state index contributed by atoms with van der Waals surface area (Å²) in [5, 5.41) is 33.4. The number of aldehydes is 1. The zero-order valence-corrected chi connectivity index (χ0v) is 23.7. The van der Waals surface area contributed by atoms with Crippen molar-refractivity contribution < 1.29 is 39.2 Å². The van der Waals surface area contributed by atoms with Crippen molar-refractivity contribution >= 4 is 18.1 Å². The maximum absolute atomic E-state index is 13.2. The van der Waals surface area contributed by atoms with Gasteiger partial charge in [-0.05, 0) is 29.9 Å². The average molecular weight is 570 g/mol. The summed E-state index contributed by atoms with van der Waals surface area (Å²) in [7, 11) is 0. The van der Waals surface area contributed by atoms with Crippen molar-refractivity contribution in [1.82, 2.24) is 4.90 Å². The molecule has 1 aliphatic carbocycles. The summed E-state index contributed by atoms with van der Waals surface area (Å²) in [5.41, 5.74) is 1.52. The normalized spacial score (nSPS) is 17.4. The smallest absolute Gasteiger partial charge is 0.231 e. The van der Waals surface area contributed by atoms with Crippen LogP contribution in [-0.4, -0.2) is 69.0 Å². The molecular weight excluding hydrogens is 526 g/mol. The highest BCUT2D eigenvalue weighted by atomic mass is 16.6. The first-order valence-electron chi connectivity index (χ1n) is 14.5. The second-order valence-electron chi connectivity index (χ2n) is 10.6. The molecule has 5 atom stereocenters. The molecule has 224 valence electrons. The van der Waals surface area contributed by atoms with E-state index in [1.54, 1.807) is 31.2 Å². The van der Waals surface area contributed by atoms with Gasteiger partial charge in [-0.1, -0.05) is 93.3 Å². The minimum atomic E-state index is -2.04. The lowest BCUT2D eigenvalue weighted by atomic mass is 9.99. The van der Waals surface area contributed by atoms with E-state index in [0.717, 1.165) is 36.8 Å². The number of carbonyl (C=O) groups is 3. The Morgan fingerprint density at radius 3 is 1.93 bits per heavy atom. The van der Waals surface area contributed by atoms with Gasteiger partial charge in [-0.3, -0.25) is 14.5 Å². The number of aliphatic hydroxyl groups is 3. The maximum Gasteiger partial charge on any atom is 0.231 e. The molecule has 9 heteroatoms. The van der Waals surface area contributed by atoms with E-state index < -0.39 is 42.5 Å². The Morgan fingerprint density at radius 1 is 0.854 bits per heavy atom. The van der Waals surface area contributed by atoms with Gasteiger partial charge in [0, 0.05) is 12.8 Å². The Labute approximate surface area is 242 Å². The SMILES string of the molecule is CCCC(=O)N(C(=O)CCC1CCCC1)C(O)[C@@H](O)[C@@H](O)[C@H](OCc1ccccc1)[C@H](C=O)OCc1ccccc1. The lowest BCUT2D eigenvalue weighted by Crippen LogP contribution is -2.58. The molecule has 2 aromatic carbocycles. The summed E-state index contributed by atoms with van der Waals surface area (Å²) in [5.74, 6) is -0.861. The zero-order valence-electron chi connectivity index (χ0n) is 23.7. The molecular formula is C32H43NO8. The number of hydrogen-bond donors (Lipinski definition) is 3. The topological polar surface area (TPSA) is 134 Å². The van der Waals surface area contributed by atoms with Crippen molar-refractivity contribution in [3.8, 4) is 0 Å². The Hall–Kier alpha value is -2.95. The Bertz CT molecular complexity index is 1060. The highest BCUT2D eigenvalue weighted by molar-refractivity contribution is 5.95. The zero-order chi connectivity index (χ0) is 29.6. The molecule has 3 rings (SSSR count). The molecule has 1 unspecified atom stereocenters. The third-order valence-electron chi connectivity index (χ3n) is 7.53. The monoisotopic (exact) mass is 569 g/mol. The van der Waals surface area contributed by atoms with Crippen molar-refractivity contribution in [3.63, 3.8) is 0 Å².